The molecule has 0 saturated heterocycles. The zero-order valence-corrected chi connectivity index (χ0v) is 13.9. The lowest BCUT2D eigenvalue weighted by Gasteiger charge is -2.09. The van der Waals surface area contributed by atoms with E-state index in [0.717, 1.165) is 13.7 Å². The number of halogens is 2. The lowest BCUT2D eigenvalue weighted by molar-refractivity contribution is 0.900. The van der Waals surface area contributed by atoms with Crippen LogP contribution in [0.3, 0.4) is 0 Å². The standard InChI is InChI=1S/C15H10ClIN2O2/c1-8-3-2-4-10-13(8)18-15(21)19(14(10)20)12-6-5-9(17)7-11(12)16/h2-7H,1H3,(H,18,21). The summed E-state index contributed by atoms with van der Waals surface area (Å²) in [6, 6.07) is 10.5. The molecule has 0 saturated carbocycles. The van der Waals surface area contributed by atoms with Gasteiger partial charge in [-0.1, -0.05) is 23.7 Å². The van der Waals surface area contributed by atoms with Crippen LogP contribution in [0.5, 0.6) is 0 Å². The Kier molecular flexibility index (Phi) is 3.62. The van der Waals surface area contributed by atoms with Crippen LogP contribution in [-0.4, -0.2) is 9.55 Å². The topological polar surface area (TPSA) is 54.9 Å². The molecule has 1 N–H and O–H groups in total. The fraction of sp³-hybridized carbons (Fsp3) is 0.0667. The van der Waals surface area contributed by atoms with E-state index in [1.807, 2.05) is 13.0 Å². The number of nitrogens with zero attached hydrogens (tertiary/aromatic N) is 1. The predicted molar refractivity (Wildman–Crippen MR) is 92.6 cm³/mol. The second-order valence-corrected chi connectivity index (χ2v) is 6.32. The Balaban J connectivity index is 2.44. The molecular weight excluding hydrogens is 403 g/mol. The number of H-pyrrole nitrogens is 1. The highest BCUT2D eigenvalue weighted by Crippen LogP contribution is 2.21. The van der Waals surface area contributed by atoms with Crippen molar-refractivity contribution in [3.05, 3.63) is 71.4 Å². The van der Waals surface area contributed by atoms with Crippen molar-refractivity contribution in [1.82, 2.24) is 9.55 Å². The average molecular weight is 413 g/mol. The van der Waals surface area contributed by atoms with Crippen LogP contribution in [-0.2, 0) is 0 Å². The van der Waals surface area contributed by atoms with E-state index < -0.39 is 5.69 Å². The predicted octanol–water partition coefficient (Wildman–Crippen LogP) is 3.25. The van der Waals surface area contributed by atoms with Crippen molar-refractivity contribution in [2.45, 2.75) is 6.92 Å². The Morgan fingerprint density at radius 1 is 1.19 bits per heavy atom. The van der Waals surface area contributed by atoms with Crippen LogP contribution in [0, 0.1) is 10.5 Å². The monoisotopic (exact) mass is 412 g/mol. The van der Waals surface area contributed by atoms with E-state index >= 15 is 0 Å². The van der Waals surface area contributed by atoms with Gasteiger partial charge in [0.1, 0.15) is 0 Å². The molecule has 0 bridgehead atoms. The average Bonchev–Trinajstić information content (AvgIpc) is 2.42. The van der Waals surface area contributed by atoms with Gasteiger partial charge in [-0.3, -0.25) is 4.79 Å². The molecule has 0 fully saturated rings. The molecule has 0 aliphatic heterocycles. The Morgan fingerprint density at radius 3 is 2.67 bits per heavy atom. The molecule has 0 aliphatic rings. The Bertz CT molecular complexity index is 976. The molecule has 6 heteroatoms. The van der Waals surface area contributed by atoms with Crippen LogP contribution >= 0.6 is 34.2 Å². The molecule has 0 spiro atoms. The smallest absolute Gasteiger partial charge is 0.306 e. The number of aromatic nitrogens is 2. The Hall–Kier alpha value is -1.60. The third-order valence-electron chi connectivity index (χ3n) is 3.29. The van der Waals surface area contributed by atoms with Crippen molar-refractivity contribution >= 4 is 45.1 Å². The summed E-state index contributed by atoms with van der Waals surface area (Å²) in [6.45, 7) is 1.85. The second-order valence-electron chi connectivity index (χ2n) is 4.66. The van der Waals surface area contributed by atoms with E-state index in [1.54, 1.807) is 30.3 Å². The molecule has 3 aromatic rings. The van der Waals surface area contributed by atoms with Crippen molar-refractivity contribution in [3.8, 4) is 5.69 Å². The quantitative estimate of drug-likeness (QED) is 0.624. The summed E-state index contributed by atoms with van der Waals surface area (Å²) in [5.41, 5.74) is 0.921. The minimum absolute atomic E-state index is 0.363. The van der Waals surface area contributed by atoms with Crippen LogP contribution in [0.15, 0.2) is 46.0 Å². The van der Waals surface area contributed by atoms with Gasteiger partial charge in [-0.05, 0) is 59.3 Å². The van der Waals surface area contributed by atoms with Crippen molar-refractivity contribution in [3.63, 3.8) is 0 Å². The lowest BCUT2D eigenvalue weighted by Crippen LogP contribution is -2.34. The Labute approximate surface area is 138 Å². The van der Waals surface area contributed by atoms with Crippen molar-refractivity contribution < 1.29 is 0 Å². The first-order chi connectivity index (χ1) is 9.99. The van der Waals surface area contributed by atoms with Gasteiger partial charge in [-0.25, -0.2) is 9.36 Å². The number of fused-ring (bicyclic) bond motifs is 1. The van der Waals surface area contributed by atoms with Crippen LogP contribution in [0.25, 0.3) is 16.6 Å². The van der Waals surface area contributed by atoms with E-state index in [1.165, 1.54) is 0 Å². The second kappa shape index (κ2) is 5.31. The number of hydrogen-bond acceptors (Lipinski definition) is 2. The maximum atomic E-state index is 12.6. The third kappa shape index (κ3) is 2.40. The van der Waals surface area contributed by atoms with E-state index in [2.05, 4.69) is 27.6 Å². The summed E-state index contributed by atoms with van der Waals surface area (Å²) >= 11 is 8.29. The van der Waals surface area contributed by atoms with Gasteiger partial charge in [0.25, 0.3) is 5.56 Å². The summed E-state index contributed by atoms with van der Waals surface area (Å²) < 4.78 is 2.00. The van der Waals surface area contributed by atoms with Crippen molar-refractivity contribution in [2.75, 3.05) is 0 Å². The van der Waals surface area contributed by atoms with Gasteiger partial charge in [0.05, 0.1) is 21.6 Å². The fourth-order valence-electron chi connectivity index (χ4n) is 2.27. The molecule has 106 valence electrons. The van der Waals surface area contributed by atoms with Gasteiger partial charge >= 0.3 is 5.69 Å². The molecule has 0 amide bonds. The van der Waals surface area contributed by atoms with Crippen molar-refractivity contribution in [1.29, 1.82) is 0 Å². The first-order valence-electron chi connectivity index (χ1n) is 6.19. The number of para-hydroxylation sites is 1. The third-order valence-corrected chi connectivity index (χ3v) is 4.27. The van der Waals surface area contributed by atoms with Gasteiger partial charge in [0, 0.05) is 3.57 Å². The highest BCUT2D eigenvalue weighted by atomic mass is 127. The van der Waals surface area contributed by atoms with E-state index in [0.29, 0.717) is 21.6 Å². The zero-order valence-electron chi connectivity index (χ0n) is 11.0. The first kappa shape index (κ1) is 14.3. The number of rotatable bonds is 1. The number of aryl methyl sites for hydroxylation is 1. The molecule has 3 rings (SSSR count). The maximum absolute atomic E-state index is 12.6. The SMILES string of the molecule is Cc1cccc2c(=O)n(-c3ccc(I)cc3Cl)c(=O)[nH]c12. The molecule has 21 heavy (non-hydrogen) atoms. The summed E-state index contributed by atoms with van der Waals surface area (Å²) in [6.07, 6.45) is 0. The molecule has 0 atom stereocenters. The molecule has 0 aliphatic carbocycles. The van der Waals surface area contributed by atoms with Crippen LogP contribution in [0.4, 0.5) is 0 Å². The molecule has 1 aromatic heterocycles. The fourth-order valence-corrected chi connectivity index (χ4v) is 3.21. The normalized spacial score (nSPS) is 11.0. The number of hydrogen-bond donors (Lipinski definition) is 1. The van der Waals surface area contributed by atoms with Crippen LogP contribution in [0.2, 0.25) is 5.02 Å². The van der Waals surface area contributed by atoms with Crippen LogP contribution in [0.1, 0.15) is 5.56 Å². The van der Waals surface area contributed by atoms with E-state index in [4.69, 9.17) is 11.6 Å². The minimum atomic E-state index is -0.495. The van der Waals surface area contributed by atoms with Crippen LogP contribution < -0.4 is 11.2 Å². The molecular formula is C15H10ClIN2O2. The summed E-state index contributed by atoms with van der Waals surface area (Å²) in [5.74, 6) is 0. The highest BCUT2D eigenvalue weighted by Gasteiger charge is 2.13. The van der Waals surface area contributed by atoms with Gasteiger partial charge in [0.2, 0.25) is 0 Å². The van der Waals surface area contributed by atoms with Crippen molar-refractivity contribution in [2.24, 2.45) is 0 Å². The lowest BCUT2D eigenvalue weighted by atomic mass is 10.1. The summed E-state index contributed by atoms with van der Waals surface area (Å²) in [4.78, 5) is 27.7. The number of nitrogens with one attached hydrogen (secondary N) is 1. The summed E-state index contributed by atoms with van der Waals surface area (Å²) in [5, 5.41) is 0.825. The van der Waals surface area contributed by atoms with Gasteiger partial charge in [-0.2, -0.15) is 0 Å². The van der Waals surface area contributed by atoms with Gasteiger partial charge in [0.15, 0.2) is 0 Å². The van der Waals surface area contributed by atoms with Gasteiger partial charge in [-0.15, -0.1) is 0 Å². The molecule has 0 radical (unpaired) electrons. The molecule has 1 heterocycles. The molecule has 2 aromatic carbocycles. The summed E-state index contributed by atoms with van der Waals surface area (Å²) in [7, 11) is 0. The maximum Gasteiger partial charge on any atom is 0.333 e. The highest BCUT2D eigenvalue weighted by molar-refractivity contribution is 14.1. The Morgan fingerprint density at radius 2 is 1.95 bits per heavy atom. The van der Waals surface area contributed by atoms with E-state index in [9.17, 15) is 9.59 Å². The first-order valence-corrected chi connectivity index (χ1v) is 7.65. The van der Waals surface area contributed by atoms with E-state index in [-0.39, 0.29) is 5.56 Å². The zero-order chi connectivity index (χ0) is 15.1. The molecule has 4 nitrogen and oxygen atoms in total. The van der Waals surface area contributed by atoms with Gasteiger partial charge < -0.3 is 4.98 Å². The largest absolute Gasteiger partial charge is 0.333 e. The minimum Gasteiger partial charge on any atom is -0.306 e. The number of aromatic amines is 1. The molecule has 0 unspecified atom stereocenters. The number of benzene rings is 2.